The Balaban J connectivity index is 1.32. The molecule has 0 radical (unpaired) electrons. The van der Waals surface area contributed by atoms with Crippen molar-refractivity contribution in [3.8, 4) is 0 Å². The minimum Gasteiger partial charge on any atom is -0.381 e. The first-order valence-electron chi connectivity index (χ1n) is 11.1. The number of anilines is 1. The van der Waals surface area contributed by atoms with E-state index in [1.54, 1.807) is 4.90 Å². The first kappa shape index (κ1) is 22.8. The van der Waals surface area contributed by atoms with Crippen LogP contribution in [0, 0.1) is 11.7 Å². The van der Waals surface area contributed by atoms with E-state index in [-0.39, 0.29) is 28.7 Å². The van der Waals surface area contributed by atoms with Crippen LogP contribution in [0.5, 0.6) is 0 Å². The Morgan fingerprint density at radius 1 is 1.18 bits per heavy atom. The van der Waals surface area contributed by atoms with E-state index < -0.39 is 17.8 Å². The molecule has 0 aliphatic carbocycles. The fourth-order valence-electron chi connectivity index (χ4n) is 4.43. The molecule has 34 heavy (non-hydrogen) atoms. The molecule has 3 heterocycles. The Morgan fingerprint density at radius 3 is 2.74 bits per heavy atom. The summed E-state index contributed by atoms with van der Waals surface area (Å²) in [4.78, 5) is 32.7. The molecule has 2 amide bonds. The Hall–Kier alpha value is -2.98. The molecule has 1 N–H and O–H groups in total. The Kier molecular flexibility index (Phi) is 6.26. The van der Waals surface area contributed by atoms with Gasteiger partial charge in [-0.05, 0) is 47.9 Å². The summed E-state index contributed by atoms with van der Waals surface area (Å²) in [5, 5.41) is 3.89. The molecule has 0 spiro atoms. The lowest BCUT2D eigenvalue weighted by Crippen LogP contribution is -2.35. The first-order chi connectivity index (χ1) is 16.4. The standard InChI is InChI=1S/C24H22F3N3O3S/c25-16-9-14-1-2-15(10-17(14)18(11-16)21(26)27)23(32)30-6-3-19-20(12-30)34-24(28-19)29-22(31)13-4-7-33-8-5-13/h1-2,9-11,13,21H,3-8,12H2,(H,28,29,31). The quantitative estimate of drug-likeness (QED) is 0.564. The number of hydrogen-bond acceptors (Lipinski definition) is 5. The van der Waals surface area contributed by atoms with Crippen LogP contribution in [0.2, 0.25) is 0 Å². The number of amides is 2. The number of benzene rings is 2. The third-order valence-corrected chi connectivity index (χ3v) is 7.27. The second kappa shape index (κ2) is 9.34. The number of hydrogen-bond donors (Lipinski definition) is 1. The molecule has 6 nitrogen and oxygen atoms in total. The zero-order valence-corrected chi connectivity index (χ0v) is 19.0. The van der Waals surface area contributed by atoms with Crippen molar-refractivity contribution in [2.75, 3.05) is 25.1 Å². The van der Waals surface area contributed by atoms with Crippen molar-refractivity contribution in [2.45, 2.75) is 32.2 Å². The second-order valence-corrected chi connectivity index (χ2v) is 9.56. The molecule has 1 aromatic heterocycles. The summed E-state index contributed by atoms with van der Waals surface area (Å²) in [5.74, 6) is -1.19. The molecule has 10 heteroatoms. The van der Waals surface area contributed by atoms with E-state index >= 15 is 0 Å². The van der Waals surface area contributed by atoms with Gasteiger partial charge in [0, 0.05) is 48.1 Å². The van der Waals surface area contributed by atoms with Crippen LogP contribution in [-0.4, -0.2) is 41.5 Å². The second-order valence-electron chi connectivity index (χ2n) is 8.47. The Morgan fingerprint density at radius 2 is 1.97 bits per heavy atom. The number of thiazole rings is 1. The SMILES string of the molecule is O=C(Nc1nc2c(s1)CN(C(=O)c1ccc3cc(F)cc(C(F)F)c3c1)CC2)C1CCOCC1. The van der Waals surface area contributed by atoms with Crippen LogP contribution < -0.4 is 5.32 Å². The molecular weight excluding hydrogens is 467 g/mol. The zero-order chi connectivity index (χ0) is 23.8. The fourth-order valence-corrected chi connectivity index (χ4v) is 5.46. The number of rotatable bonds is 4. The highest BCUT2D eigenvalue weighted by molar-refractivity contribution is 7.15. The number of alkyl halides is 2. The van der Waals surface area contributed by atoms with E-state index in [2.05, 4.69) is 10.3 Å². The van der Waals surface area contributed by atoms with Gasteiger partial charge >= 0.3 is 0 Å². The molecule has 0 bridgehead atoms. The third kappa shape index (κ3) is 4.52. The smallest absolute Gasteiger partial charge is 0.264 e. The summed E-state index contributed by atoms with van der Waals surface area (Å²) >= 11 is 1.35. The average Bonchev–Trinajstić information content (AvgIpc) is 3.24. The summed E-state index contributed by atoms with van der Waals surface area (Å²) in [7, 11) is 0. The van der Waals surface area contributed by atoms with E-state index in [1.807, 2.05) is 0 Å². The van der Waals surface area contributed by atoms with Crippen molar-refractivity contribution in [3.05, 3.63) is 57.8 Å². The highest BCUT2D eigenvalue weighted by atomic mass is 32.1. The summed E-state index contributed by atoms with van der Waals surface area (Å²) in [6.45, 7) is 1.90. The summed E-state index contributed by atoms with van der Waals surface area (Å²) < 4.78 is 45.9. The molecule has 1 saturated heterocycles. The van der Waals surface area contributed by atoms with Crippen molar-refractivity contribution in [2.24, 2.45) is 5.92 Å². The van der Waals surface area contributed by atoms with Crippen LogP contribution in [-0.2, 0) is 22.5 Å². The van der Waals surface area contributed by atoms with Crippen molar-refractivity contribution in [1.29, 1.82) is 0 Å². The van der Waals surface area contributed by atoms with Gasteiger partial charge in [-0.2, -0.15) is 0 Å². The molecule has 5 rings (SSSR count). The number of nitrogens with zero attached hydrogens (tertiary/aromatic N) is 2. The largest absolute Gasteiger partial charge is 0.381 e. The predicted octanol–water partition coefficient (Wildman–Crippen LogP) is 4.94. The van der Waals surface area contributed by atoms with Gasteiger partial charge in [0.1, 0.15) is 5.82 Å². The summed E-state index contributed by atoms with van der Waals surface area (Å²) in [6, 6.07) is 6.41. The van der Waals surface area contributed by atoms with Gasteiger partial charge < -0.3 is 15.0 Å². The maximum absolute atomic E-state index is 13.7. The molecule has 2 aliphatic rings. The van der Waals surface area contributed by atoms with E-state index in [4.69, 9.17) is 4.74 Å². The van der Waals surface area contributed by atoms with Gasteiger partial charge in [-0.15, -0.1) is 0 Å². The highest BCUT2D eigenvalue weighted by Gasteiger charge is 2.27. The molecule has 2 aromatic carbocycles. The number of nitrogens with one attached hydrogen (secondary N) is 1. The maximum atomic E-state index is 13.7. The molecular formula is C24H22F3N3O3S. The van der Waals surface area contributed by atoms with Crippen LogP contribution >= 0.6 is 11.3 Å². The molecule has 0 unspecified atom stereocenters. The van der Waals surface area contributed by atoms with Crippen molar-refractivity contribution in [1.82, 2.24) is 9.88 Å². The summed E-state index contributed by atoms with van der Waals surface area (Å²) in [6.07, 6.45) is -0.949. The van der Waals surface area contributed by atoms with Crippen molar-refractivity contribution in [3.63, 3.8) is 0 Å². The van der Waals surface area contributed by atoms with Gasteiger partial charge in [0.25, 0.3) is 12.3 Å². The summed E-state index contributed by atoms with van der Waals surface area (Å²) in [5.41, 5.74) is 0.685. The van der Waals surface area contributed by atoms with E-state index in [1.165, 1.54) is 35.6 Å². The number of fused-ring (bicyclic) bond motifs is 2. The van der Waals surface area contributed by atoms with E-state index in [0.717, 1.165) is 16.6 Å². The molecule has 178 valence electrons. The van der Waals surface area contributed by atoms with Crippen LogP contribution in [0.4, 0.5) is 18.3 Å². The number of carbonyl (C=O) groups is 2. The molecule has 0 saturated carbocycles. The van der Waals surface area contributed by atoms with Crippen LogP contribution in [0.1, 0.15) is 45.8 Å². The van der Waals surface area contributed by atoms with Crippen LogP contribution in [0.3, 0.4) is 0 Å². The highest BCUT2D eigenvalue weighted by Crippen LogP contribution is 2.32. The van der Waals surface area contributed by atoms with Crippen LogP contribution in [0.25, 0.3) is 10.8 Å². The minimum absolute atomic E-state index is 0.0650. The van der Waals surface area contributed by atoms with Crippen molar-refractivity contribution < 1.29 is 27.5 Å². The number of halogens is 3. The fraction of sp³-hybridized carbons (Fsp3) is 0.375. The topological polar surface area (TPSA) is 71.5 Å². The maximum Gasteiger partial charge on any atom is 0.264 e. The van der Waals surface area contributed by atoms with Crippen molar-refractivity contribution >= 4 is 39.1 Å². The normalized spacial score (nSPS) is 16.6. The lowest BCUT2D eigenvalue weighted by Gasteiger charge is -2.26. The Labute approximate surface area is 197 Å². The van der Waals surface area contributed by atoms with E-state index in [0.29, 0.717) is 56.1 Å². The first-order valence-corrected chi connectivity index (χ1v) is 11.9. The number of ether oxygens (including phenoxy) is 1. The van der Waals surface area contributed by atoms with Crippen LogP contribution in [0.15, 0.2) is 30.3 Å². The molecule has 1 fully saturated rings. The van der Waals surface area contributed by atoms with Gasteiger partial charge in [-0.25, -0.2) is 18.2 Å². The predicted molar refractivity (Wildman–Crippen MR) is 122 cm³/mol. The molecule has 2 aliphatic heterocycles. The van der Waals surface area contributed by atoms with E-state index in [9.17, 15) is 22.8 Å². The monoisotopic (exact) mass is 489 g/mol. The lowest BCUT2D eigenvalue weighted by atomic mass is 10.00. The number of carbonyl (C=O) groups excluding carboxylic acids is 2. The molecule has 3 aromatic rings. The van der Waals surface area contributed by atoms with Gasteiger partial charge in [-0.3, -0.25) is 9.59 Å². The zero-order valence-electron chi connectivity index (χ0n) is 18.2. The minimum atomic E-state index is -2.85. The number of aromatic nitrogens is 1. The van der Waals surface area contributed by atoms with Gasteiger partial charge in [0.15, 0.2) is 5.13 Å². The van der Waals surface area contributed by atoms with Gasteiger partial charge in [0.05, 0.1) is 12.2 Å². The lowest BCUT2D eigenvalue weighted by molar-refractivity contribution is -0.122. The van der Waals surface area contributed by atoms with Gasteiger partial charge in [-0.1, -0.05) is 17.4 Å². The Bertz CT molecular complexity index is 1260. The third-order valence-electron chi connectivity index (χ3n) is 6.27. The van der Waals surface area contributed by atoms with Gasteiger partial charge in [0.2, 0.25) is 5.91 Å². The molecule has 0 atom stereocenters. The average molecular weight is 490 g/mol.